The molecule has 0 radical (unpaired) electrons. The van der Waals surface area contributed by atoms with E-state index in [4.69, 9.17) is 4.74 Å². The molecule has 0 bridgehead atoms. The SMILES string of the molecule is O=C(O)c1ccncc1CCC1CCOc2ccccc21. The molecule has 1 aliphatic rings. The van der Waals surface area contributed by atoms with Crippen LogP contribution in [0.4, 0.5) is 0 Å². The highest BCUT2D eigenvalue weighted by molar-refractivity contribution is 5.89. The van der Waals surface area contributed by atoms with Crippen molar-refractivity contribution in [3.05, 3.63) is 59.4 Å². The number of carboxylic acids is 1. The van der Waals surface area contributed by atoms with Gasteiger partial charge in [0.2, 0.25) is 0 Å². The van der Waals surface area contributed by atoms with Gasteiger partial charge >= 0.3 is 5.97 Å². The van der Waals surface area contributed by atoms with E-state index in [0.29, 0.717) is 17.9 Å². The zero-order valence-corrected chi connectivity index (χ0v) is 11.7. The van der Waals surface area contributed by atoms with Crippen LogP contribution in [0.5, 0.6) is 5.75 Å². The third-order valence-corrected chi connectivity index (χ3v) is 3.98. The number of hydrogen-bond acceptors (Lipinski definition) is 3. The van der Waals surface area contributed by atoms with E-state index in [1.165, 1.54) is 11.8 Å². The molecule has 0 saturated carbocycles. The Balaban J connectivity index is 1.76. The second-order valence-corrected chi connectivity index (χ2v) is 5.25. The lowest BCUT2D eigenvalue weighted by molar-refractivity contribution is 0.0695. The van der Waals surface area contributed by atoms with E-state index in [9.17, 15) is 9.90 Å². The summed E-state index contributed by atoms with van der Waals surface area (Å²) in [4.78, 5) is 15.3. The Labute approximate surface area is 123 Å². The molecule has 1 atom stereocenters. The van der Waals surface area contributed by atoms with Crippen LogP contribution in [0.3, 0.4) is 0 Å². The van der Waals surface area contributed by atoms with Crippen LogP contribution in [0, 0.1) is 0 Å². The topological polar surface area (TPSA) is 59.4 Å². The minimum atomic E-state index is -0.889. The van der Waals surface area contributed by atoms with Gasteiger partial charge in [-0.3, -0.25) is 4.98 Å². The Bertz CT molecular complexity index is 654. The summed E-state index contributed by atoms with van der Waals surface area (Å²) in [5.41, 5.74) is 2.38. The Morgan fingerprint density at radius 1 is 1.33 bits per heavy atom. The smallest absolute Gasteiger partial charge is 0.336 e. The van der Waals surface area contributed by atoms with Crippen molar-refractivity contribution in [1.82, 2.24) is 4.98 Å². The van der Waals surface area contributed by atoms with E-state index in [1.54, 1.807) is 12.3 Å². The molecule has 1 N–H and O–H groups in total. The van der Waals surface area contributed by atoms with Gasteiger partial charge in [-0.2, -0.15) is 0 Å². The maximum atomic E-state index is 11.2. The molecule has 1 aromatic heterocycles. The standard InChI is InChI=1S/C17H17NO3/c19-17(20)15-7-9-18-11-13(15)6-5-12-8-10-21-16-4-2-1-3-14(12)16/h1-4,7,9,11-12H,5-6,8,10H2,(H,19,20). The highest BCUT2D eigenvalue weighted by atomic mass is 16.5. The lowest BCUT2D eigenvalue weighted by atomic mass is 9.87. The first-order valence-corrected chi connectivity index (χ1v) is 7.13. The number of benzene rings is 1. The molecule has 0 spiro atoms. The van der Waals surface area contributed by atoms with Crippen molar-refractivity contribution < 1.29 is 14.6 Å². The van der Waals surface area contributed by atoms with E-state index in [0.717, 1.165) is 30.8 Å². The van der Waals surface area contributed by atoms with Crippen molar-refractivity contribution in [1.29, 1.82) is 0 Å². The lowest BCUT2D eigenvalue weighted by Gasteiger charge is -2.26. The summed E-state index contributed by atoms with van der Waals surface area (Å²) < 4.78 is 5.66. The number of rotatable bonds is 4. The van der Waals surface area contributed by atoms with Crippen LogP contribution in [-0.4, -0.2) is 22.7 Å². The zero-order chi connectivity index (χ0) is 14.7. The molecule has 21 heavy (non-hydrogen) atoms. The fourth-order valence-corrected chi connectivity index (χ4v) is 2.88. The van der Waals surface area contributed by atoms with Gasteiger partial charge in [0.1, 0.15) is 5.75 Å². The predicted octanol–water partition coefficient (Wildman–Crippen LogP) is 3.28. The van der Waals surface area contributed by atoms with Gasteiger partial charge < -0.3 is 9.84 Å². The van der Waals surface area contributed by atoms with Gasteiger partial charge in [-0.1, -0.05) is 18.2 Å². The Morgan fingerprint density at radius 2 is 2.19 bits per heavy atom. The predicted molar refractivity (Wildman–Crippen MR) is 78.8 cm³/mol. The van der Waals surface area contributed by atoms with E-state index >= 15 is 0 Å². The van der Waals surface area contributed by atoms with E-state index in [2.05, 4.69) is 11.1 Å². The summed E-state index contributed by atoms with van der Waals surface area (Å²) in [6, 6.07) is 9.66. The first-order chi connectivity index (χ1) is 10.3. The molecule has 1 unspecified atom stereocenters. The van der Waals surface area contributed by atoms with E-state index in [-0.39, 0.29) is 0 Å². The van der Waals surface area contributed by atoms with Gasteiger partial charge in [-0.05, 0) is 48.4 Å². The molecule has 3 rings (SSSR count). The highest BCUT2D eigenvalue weighted by Crippen LogP contribution is 2.36. The average Bonchev–Trinajstić information content (AvgIpc) is 2.53. The molecule has 1 aliphatic heterocycles. The van der Waals surface area contributed by atoms with Crippen molar-refractivity contribution >= 4 is 5.97 Å². The molecule has 2 heterocycles. The number of carbonyl (C=O) groups is 1. The van der Waals surface area contributed by atoms with E-state index < -0.39 is 5.97 Å². The number of aryl methyl sites for hydroxylation is 1. The van der Waals surface area contributed by atoms with Crippen molar-refractivity contribution in [2.45, 2.75) is 25.2 Å². The molecule has 0 amide bonds. The fourth-order valence-electron chi connectivity index (χ4n) is 2.88. The Hall–Kier alpha value is -2.36. The summed E-state index contributed by atoms with van der Waals surface area (Å²) in [5, 5.41) is 9.21. The largest absolute Gasteiger partial charge is 0.493 e. The summed E-state index contributed by atoms with van der Waals surface area (Å²) in [6.45, 7) is 0.723. The lowest BCUT2D eigenvalue weighted by Crippen LogP contribution is -2.15. The van der Waals surface area contributed by atoms with Crippen molar-refractivity contribution in [2.24, 2.45) is 0 Å². The normalized spacial score (nSPS) is 16.9. The fraction of sp³-hybridized carbons (Fsp3) is 0.294. The highest BCUT2D eigenvalue weighted by Gasteiger charge is 2.21. The number of aromatic nitrogens is 1. The molecule has 4 nitrogen and oxygen atoms in total. The molecule has 108 valence electrons. The van der Waals surface area contributed by atoms with Gasteiger partial charge in [0.25, 0.3) is 0 Å². The van der Waals surface area contributed by atoms with Crippen LogP contribution in [-0.2, 0) is 6.42 Å². The molecule has 2 aromatic rings. The van der Waals surface area contributed by atoms with Gasteiger partial charge in [0, 0.05) is 12.4 Å². The van der Waals surface area contributed by atoms with Gasteiger partial charge in [-0.15, -0.1) is 0 Å². The molecular weight excluding hydrogens is 266 g/mol. The van der Waals surface area contributed by atoms with Crippen molar-refractivity contribution in [3.8, 4) is 5.75 Å². The van der Waals surface area contributed by atoms with Gasteiger partial charge in [-0.25, -0.2) is 4.79 Å². The van der Waals surface area contributed by atoms with E-state index in [1.807, 2.05) is 18.2 Å². The van der Waals surface area contributed by atoms with Crippen LogP contribution < -0.4 is 4.74 Å². The molecule has 1 aromatic carbocycles. The number of nitrogens with zero attached hydrogens (tertiary/aromatic N) is 1. The van der Waals surface area contributed by atoms with Gasteiger partial charge in [0.15, 0.2) is 0 Å². The quantitative estimate of drug-likeness (QED) is 0.935. The van der Waals surface area contributed by atoms with Crippen LogP contribution in [0.1, 0.15) is 40.2 Å². The van der Waals surface area contributed by atoms with Gasteiger partial charge in [0.05, 0.1) is 12.2 Å². The van der Waals surface area contributed by atoms with Crippen LogP contribution in [0.15, 0.2) is 42.7 Å². The third kappa shape index (κ3) is 2.89. The first kappa shape index (κ1) is 13.6. The van der Waals surface area contributed by atoms with Crippen molar-refractivity contribution in [3.63, 3.8) is 0 Å². The minimum Gasteiger partial charge on any atom is -0.493 e. The number of carboxylic acid groups (broad SMARTS) is 1. The maximum Gasteiger partial charge on any atom is 0.336 e. The summed E-state index contributed by atoms with van der Waals surface area (Å²) in [7, 11) is 0. The molecule has 0 fully saturated rings. The third-order valence-electron chi connectivity index (χ3n) is 3.98. The number of ether oxygens (including phenoxy) is 1. The van der Waals surface area contributed by atoms with Crippen molar-refractivity contribution in [2.75, 3.05) is 6.61 Å². The Kier molecular flexibility index (Phi) is 3.86. The number of pyridine rings is 1. The molecule has 4 heteroatoms. The summed E-state index contributed by atoms with van der Waals surface area (Å²) >= 11 is 0. The minimum absolute atomic E-state index is 0.352. The number of para-hydroxylation sites is 1. The Morgan fingerprint density at radius 3 is 3.05 bits per heavy atom. The van der Waals surface area contributed by atoms with Crippen LogP contribution >= 0.6 is 0 Å². The molecule has 0 saturated heterocycles. The monoisotopic (exact) mass is 283 g/mol. The second-order valence-electron chi connectivity index (χ2n) is 5.25. The second kappa shape index (κ2) is 5.95. The number of hydrogen-bond donors (Lipinski definition) is 1. The maximum absolute atomic E-state index is 11.2. The summed E-state index contributed by atoms with van der Waals surface area (Å²) in [6.07, 6.45) is 5.78. The first-order valence-electron chi connectivity index (χ1n) is 7.13. The molecule has 0 aliphatic carbocycles. The van der Waals surface area contributed by atoms with Crippen LogP contribution in [0.2, 0.25) is 0 Å². The number of aromatic carboxylic acids is 1. The summed E-state index contributed by atoms with van der Waals surface area (Å²) in [5.74, 6) is 0.481. The van der Waals surface area contributed by atoms with Crippen LogP contribution in [0.25, 0.3) is 0 Å². The number of fused-ring (bicyclic) bond motifs is 1. The zero-order valence-electron chi connectivity index (χ0n) is 11.7. The molecular formula is C17H17NO3. The average molecular weight is 283 g/mol.